The Kier molecular flexibility index (Phi) is 5.55. The van der Waals surface area contributed by atoms with E-state index in [2.05, 4.69) is 24.3 Å². The molecule has 0 radical (unpaired) electrons. The van der Waals surface area contributed by atoms with Gasteiger partial charge in [0.25, 0.3) is 0 Å². The van der Waals surface area contributed by atoms with Gasteiger partial charge in [0, 0.05) is 18.5 Å². The van der Waals surface area contributed by atoms with Gasteiger partial charge in [-0.05, 0) is 38.3 Å². The molecule has 2 aromatic rings. The highest BCUT2D eigenvalue weighted by Crippen LogP contribution is 2.22. The first kappa shape index (κ1) is 17.2. The number of carbonyl (C=O) groups is 1. The second kappa shape index (κ2) is 7.42. The van der Waals surface area contributed by atoms with Crippen LogP contribution in [0.1, 0.15) is 50.8 Å². The topological polar surface area (TPSA) is 72.9 Å². The Balaban J connectivity index is 2.26. The van der Waals surface area contributed by atoms with Gasteiger partial charge >= 0.3 is 0 Å². The van der Waals surface area contributed by atoms with E-state index in [4.69, 9.17) is 5.73 Å². The number of nitrogens with zero attached hydrogens (tertiary/aromatic N) is 2. The molecule has 2 rings (SSSR count). The molecule has 0 fully saturated rings. The number of aromatic nitrogens is 2. The first-order valence-electron chi connectivity index (χ1n) is 8.09. The van der Waals surface area contributed by atoms with Gasteiger partial charge in [-0.2, -0.15) is 5.10 Å². The number of hydrogen-bond acceptors (Lipinski definition) is 3. The first-order valence-corrected chi connectivity index (χ1v) is 8.09. The average molecular weight is 314 g/mol. The molecule has 1 amide bonds. The molecule has 0 aliphatic rings. The summed E-state index contributed by atoms with van der Waals surface area (Å²) in [4.78, 5) is 12.1. The molecule has 3 N–H and O–H groups in total. The van der Waals surface area contributed by atoms with E-state index in [1.807, 2.05) is 44.2 Å². The van der Waals surface area contributed by atoms with E-state index in [-0.39, 0.29) is 11.9 Å². The van der Waals surface area contributed by atoms with E-state index >= 15 is 0 Å². The van der Waals surface area contributed by atoms with Crippen molar-refractivity contribution in [3.05, 3.63) is 41.6 Å². The maximum Gasteiger partial charge on any atom is 0.225 e. The Bertz CT molecular complexity index is 656. The summed E-state index contributed by atoms with van der Waals surface area (Å²) in [6.07, 6.45) is 1.08. The van der Waals surface area contributed by atoms with Crippen LogP contribution in [-0.4, -0.2) is 21.7 Å². The second-order valence-corrected chi connectivity index (χ2v) is 6.42. The molecule has 5 heteroatoms. The normalized spacial score (nSPS) is 12.4. The number of amides is 1. The van der Waals surface area contributed by atoms with Crippen molar-refractivity contribution < 1.29 is 4.79 Å². The van der Waals surface area contributed by atoms with Crippen LogP contribution in [-0.2, 0) is 4.79 Å². The van der Waals surface area contributed by atoms with Gasteiger partial charge in [-0.25, -0.2) is 4.68 Å². The third-order valence-corrected chi connectivity index (χ3v) is 3.69. The van der Waals surface area contributed by atoms with Gasteiger partial charge in [-0.15, -0.1) is 0 Å². The zero-order valence-corrected chi connectivity index (χ0v) is 14.3. The minimum absolute atomic E-state index is 0.0222. The van der Waals surface area contributed by atoms with Crippen molar-refractivity contribution in [2.75, 3.05) is 5.32 Å². The molecular weight excluding hydrogens is 288 g/mol. The standard InChI is InChI=1S/C18H26N4O/c1-12(2)16-11-17(20-18(23)10-7-14(4)19)22(21-16)15-8-5-13(3)6-9-15/h5-6,8-9,11-12,14H,7,10,19H2,1-4H3,(H,20,23). The Hall–Kier alpha value is -2.14. The van der Waals surface area contributed by atoms with Gasteiger partial charge in [0.1, 0.15) is 5.82 Å². The molecule has 0 aliphatic heterocycles. The molecule has 0 saturated carbocycles. The molecule has 0 saturated heterocycles. The molecule has 5 nitrogen and oxygen atoms in total. The number of carbonyl (C=O) groups excluding carboxylic acids is 1. The highest BCUT2D eigenvalue weighted by Gasteiger charge is 2.14. The van der Waals surface area contributed by atoms with E-state index in [9.17, 15) is 4.79 Å². The van der Waals surface area contributed by atoms with Gasteiger partial charge < -0.3 is 11.1 Å². The van der Waals surface area contributed by atoms with Crippen LogP contribution in [0.2, 0.25) is 0 Å². The van der Waals surface area contributed by atoms with Crippen molar-refractivity contribution in [2.45, 2.75) is 52.5 Å². The summed E-state index contributed by atoms with van der Waals surface area (Å²) in [6.45, 7) is 8.12. The molecule has 23 heavy (non-hydrogen) atoms. The predicted octanol–water partition coefficient (Wildman–Crippen LogP) is 3.37. The Morgan fingerprint density at radius 1 is 1.26 bits per heavy atom. The van der Waals surface area contributed by atoms with Crippen LogP contribution in [0.3, 0.4) is 0 Å². The molecular formula is C18H26N4O. The summed E-state index contributed by atoms with van der Waals surface area (Å²) in [5, 5.41) is 7.60. The van der Waals surface area contributed by atoms with Crippen molar-refractivity contribution in [1.29, 1.82) is 0 Å². The van der Waals surface area contributed by atoms with E-state index in [0.717, 1.165) is 11.4 Å². The minimum atomic E-state index is -0.0362. The molecule has 124 valence electrons. The zero-order valence-electron chi connectivity index (χ0n) is 14.3. The number of rotatable bonds is 6. The van der Waals surface area contributed by atoms with Crippen molar-refractivity contribution in [2.24, 2.45) is 5.73 Å². The number of hydrogen-bond donors (Lipinski definition) is 2. The van der Waals surface area contributed by atoms with Crippen LogP contribution in [0.4, 0.5) is 5.82 Å². The molecule has 0 bridgehead atoms. The number of nitrogens with one attached hydrogen (secondary N) is 1. The van der Waals surface area contributed by atoms with Crippen molar-refractivity contribution in [3.63, 3.8) is 0 Å². The van der Waals surface area contributed by atoms with Crippen molar-refractivity contribution in [1.82, 2.24) is 9.78 Å². The first-order chi connectivity index (χ1) is 10.9. The Labute approximate surface area is 137 Å². The van der Waals surface area contributed by atoms with Crippen LogP contribution in [0, 0.1) is 6.92 Å². The lowest BCUT2D eigenvalue weighted by atomic mass is 10.1. The fourth-order valence-corrected chi connectivity index (χ4v) is 2.22. The number of nitrogens with two attached hydrogens (primary N) is 1. The van der Waals surface area contributed by atoms with Crippen LogP contribution >= 0.6 is 0 Å². The van der Waals surface area contributed by atoms with Crippen molar-refractivity contribution >= 4 is 11.7 Å². The fraction of sp³-hybridized carbons (Fsp3) is 0.444. The van der Waals surface area contributed by atoms with Crippen LogP contribution in [0.5, 0.6) is 0 Å². The maximum atomic E-state index is 12.1. The minimum Gasteiger partial charge on any atom is -0.328 e. The smallest absolute Gasteiger partial charge is 0.225 e. The van der Waals surface area contributed by atoms with Crippen LogP contribution in [0.25, 0.3) is 5.69 Å². The summed E-state index contributed by atoms with van der Waals surface area (Å²) in [5.41, 5.74) is 8.79. The lowest BCUT2D eigenvalue weighted by molar-refractivity contribution is -0.116. The highest BCUT2D eigenvalue weighted by molar-refractivity contribution is 5.90. The monoisotopic (exact) mass is 314 g/mol. The molecule has 0 spiro atoms. The zero-order chi connectivity index (χ0) is 17.0. The molecule has 1 heterocycles. The highest BCUT2D eigenvalue weighted by atomic mass is 16.1. The third-order valence-electron chi connectivity index (χ3n) is 3.69. The quantitative estimate of drug-likeness (QED) is 0.858. The molecule has 1 aromatic carbocycles. The lowest BCUT2D eigenvalue weighted by Crippen LogP contribution is -2.20. The van der Waals surface area contributed by atoms with Crippen LogP contribution < -0.4 is 11.1 Å². The molecule has 1 unspecified atom stereocenters. The third kappa shape index (κ3) is 4.66. The van der Waals surface area contributed by atoms with Gasteiger partial charge in [0.05, 0.1) is 11.4 Å². The number of aryl methyl sites for hydroxylation is 1. The van der Waals surface area contributed by atoms with Crippen molar-refractivity contribution in [3.8, 4) is 5.69 Å². The Morgan fingerprint density at radius 2 is 1.91 bits per heavy atom. The lowest BCUT2D eigenvalue weighted by Gasteiger charge is -2.10. The fourth-order valence-electron chi connectivity index (χ4n) is 2.22. The average Bonchev–Trinajstić information content (AvgIpc) is 2.90. The second-order valence-electron chi connectivity index (χ2n) is 6.42. The number of benzene rings is 1. The van der Waals surface area contributed by atoms with E-state index < -0.39 is 0 Å². The summed E-state index contributed by atoms with van der Waals surface area (Å²) >= 11 is 0. The van der Waals surface area contributed by atoms with E-state index in [0.29, 0.717) is 24.6 Å². The van der Waals surface area contributed by atoms with Gasteiger partial charge in [0.2, 0.25) is 5.91 Å². The molecule has 1 atom stereocenters. The summed E-state index contributed by atoms with van der Waals surface area (Å²) in [5.74, 6) is 0.958. The number of anilines is 1. The van der Waals surface area contributed by atoms with Gasteiger partial charge in [0.15, 0.2) is 0 Å². The van der Waals surface area contributed by atoms with Gasteiger partial charge in [-0.3, -0.25) is 4.79 Å². The van der Waals surface area contributed by atoms with E-state index in [1.165, 1.54) is 5.56 Å². The SMILES string of the molecule is Cc1ccc(-n2nc(C(C)C)cc2NC(=O)CCC(C)N)cc1. The van der Waals surface area contributed by atoms with Gasteiger partial charge in [-0.1, -0.05) is 31.5 Å². The maximum absolute atomic E-state index is 12.1. The molecule has 1 aromatic heterocycles. The summed E-state index contributed by atoms with van der Waals surface area (Å²) < 4.78 is 1.79. The van der Waals surface area contributed by atoms with Crippen LogP contribution in [0.15, 0.2) is 30.3 Å². The Morgan fingerprint density at radius 3 is 2.48 bits per heavy atom. The van der Waals surface area contributed by atoms with E-state index in [1.54, 1.807) is 4.68 Å². The summed E-state index contributed by atoms with van der Waals surface area (Å²) in [7, 11) is 0. The largest absolute Gasteiger partial charge is 0.328 e. The molecule has 0 aliphatic carbocycles. The summed E-state index contributed by atoms with van der Waals surface area (Å²) in [6, 6.07) is 10.0. The predicted molar refractivity (Wildman–Crippen MR) is 93.9 cm³/mol.